The molecule has 1 N–H and O–H groups in total. The van der Waals surface area contributed by atoms with Crippen molar-refractivity contribution in [2.24, 2.45) is 0 Å². The van der Waals surface area contributed by atoms with Gasteiger partial charge in [-0.1, -0.05) is 416 Å². The molecule has 0 aliphatic heterocycles. The standard InChI is InChI=1S/C80H152O5/c1-3-5-7-9-11-13-15-17-19-21-23-25-27-29-31-33-35-37-39-40-41-43-45-47-49-51-53-55-57-59-61-63-65-67-69-71-73-75-80(83)85-78(76-81)77-84-79(82)74-72-70-68-66-64-62-60-58-56-54-52-50-48-46-44-42-38-36-34-32-30-28-26-24-22-20-18-16-14-12-10-8-6-4-2/h15,17,21,23,27,29,78,81H,3-14,16,18-20,22,24-26,28,30-77H2,1-2H3/b17-15-,23-21-,29-27-. The smallest absolute Gasteiger partial charge is 0.306 e. The number of hydrogen-bond donors (Lipinski definition) is 1. The van der Waals surface area contributed by atoms with E-state index in [2.05, 4.69) is 50.3 Å². The quantitative estimate of drug-likeness (QED) is 0.0373. The highest BCUT2D eigenvalue weighted by Gasteiger charge is 2.16. The largest absolute Gasteiger partial charge is 0.462 e. The van der Waals surface area contributed by atoms with E-state index in [0.717, 1.165) is 44.9 Å². The fourth-order valence-corrected chi connectivity index (χ4v) is 12.3. The van der Waals surface area contributed by atoms with Crippen molar-refractivity contribution in [3.8, 4) is 0 Å². The summed E-state index contributed by atoms with van der Waals surface area (Å²) in [5.41, 5.74) is 0. The number of unbranched alkanes of at least 4 members (excludes halogenated alkanes) is 60. The maximum Gasteiger partial charge on any atom is 0.306 e. The van der Waals surface area contributed by atoms with Crippen LogP contribution in [0.1, 0.15) is 444 Å². The van der Waals surface area contributed by atoms with Gasteiger partial charge in [0.2, 0.25) is 0 Å². The maximum atomic E-state index is 12.4. The zero-order valence-corrected chi connectivity index (χ0v) is 57.9. The Hall–Kier alpha value is -1.88. The lowest BCUT2D eigenvalue weighted by atomic mass is 10.0. The number of esters is 2. The van der Waals surface area contributed by atoms with Gasteiger partial charge in [0.15, 0.2) is 6.10 Å². The third-order valence-corrected chi connectivity index (χ3v) is 18.2. The number of rotatable bonds is 74. The summed E-state index contributed by atoms with van der Waals surface area (Å²) < 4.78 is 10.8. The molecule has 0 aliphatic carbocycles. The van der Waals surface area contributed by atoms with Gasteiger partial charge >= 0.3 is 11.9 Å². The lowest BCUT2D eigenvalue weighted by molar-refractivity contribution is -0.161. The van der Waals surface area contributed by atoms with Crippen LogP contribution < -0.4 is 0 Å². The first-order valence-corrected chi connectivity index (χ1v) is 39.0. The van der Waals surface area contributed by atoms with E-state index in [1.807, 2.05) is 0 Å². The Morgan fingerprint density at radius 2 is 0.471 bits per heavy atom. The third kappa shape index (κ3) is 74.5. The van der Waals surface area contributed by atoms with Gasteiger partial charge in [0.25, 0.3) is 0 Å². The van der Waals surface area contributed by atoms with E-state index < -0.39 is 6.10 Å². The van der Waals surface area contributed by atoms with Crippen LogP contribution in [-0.4, -0.2) is 36.4 Å². The lowest BCUT2D eigenvalue weighted by Gasteiger charge is -2.15. The summed E-state index contributed by atoms with van der Waals surface area (Å²) in [5, 5.41) is 9.72. The molecule has 5 nitrogen and oxygen atoms in total. The maximum absolute atomic E-state index is 12.4. The van der Waals surface area contributed by atoms with Crippen molar-refractivity contribution in [3.05, 3.63) is 36.5 Å². The molecule has 0 saturated heterocycles. The highest BCUT2D eigenvalue weighted by molar-refractivity contribution is 5.70. The van der Waals surface area contributed by atoms with Crippen LogP contribution >= 0.6 is 0 Å². The molecule has 502 valence electrons. The molecule has 0 heterocycles. The van der Waals surface area contributed by atoms with Crippen molar-refractivity contribution in [2.75, 3.05) is 13.2 Å². The fourth-order valence-electron chi connectivity index (χ4n) is 12.3. The Bertz CT molecular complexity index is 1350. The fraction of sp³-hybridized carbons (Fsp3) is 0.900. The molecule has 0 aromatic rings. The Kier molecular flexibility index (Phi) is 74.7. The molecule has 5 heteroatoms. The first-order valence-electron chi connectivity index (χ1n) is 39.0. The van der Waals surface area contributed by atoms with Crippen LogP contribution in [0.5, 0.6) is 0 Å². The van der Waals surface area contributed by atoms with Crippen LogP contribution in [0.25, 0.3) is 0 Å². The van der Waals surface area contributed by atoms with E-state index in [1.54, 1.807) is 0 Å². The number of aliphatic hydroxyl groups is 1. The number of carbonyl (C=O) groups excluding carboxylic acids is 2. The molecule has 0 saturated carbocycles. The molecule has 1 unspecified atom stereocenters. The molecule has 0 aliphatic rings. The van der Waals surface area contributed by atoms with E-state index in [1.165, 1.54) is 372 Å². The Labute approximate surface area is 533 Å². The number of allylic oxidation sites excluding steroid dienone is 6. The summed E-state index contributed by atoms with van der Waals surface area (Å²) in [6, 6.07) is 0. The summed E-state index contributed by atoms with van der Waals surface area (Å²) in [4.78, 5) is 24.7. The summed E-state index contributed by atoms with van der Waals surface area (Å²) in [6.45, 7) is 4.20. The van der Waals surface area contributed by atoms with Gasteiger partial charge in [-0.05, 0) is 51.4 Å². The van der Waals surface area contributed by atoms with Crippen LogP contribution in [0, 0.1) is 0 Å². The molecule has 0 spiro atoms. The summed E-state index contributed by atoms with van der Waals surface area (Å²) in [5.74, 6) is -0.561. The van der Waals surface area contributed by atoms with Crippen molar-refractivity contribution in [2.45, 2.75) is 450 Å². The Morgan fingerprint density at radius 1 is 0.271 bits per heavy atom. The zero-order chi connectivity index (χ0) is 61.2. The average Bonchev–Trinajstić information content (AvgIpc) is 3.52. The minimum atomic E-state index is -0.769. The first-order chi connectivity index (χ1) is 42.1. The van der Waals surface area contributed by atoms with Gasteiger partial charge in [-0.25, -0.2) is 0 Å². The van der Waals surface area contributed by atoms with Gasteiger partial charge in [-0.2, -0.15) is 0 Å². The molecule has 0 fully saturated rings. The highest BCUT2D eigenvalue weighted by atomic mass is 16.6. The molecule has 0 rings (SSSR count). The van der Waals surface area contributed by atoms with Gasteiger partial charge in [0.1, 0.15) is 6.61 Å². The SMILES string of the molecule is CCCCCCC/C=C\C/C=C\C/C=C\CCCCCCCCCCCCCCCCCCCCCCCCC(=O)OC(CO)COC(=O)CCCCCCCCCCCCCCCCCCCCCCCCCCCCCCCCCCCC. The average molecular weight is 1190 g/mol. The predicted octanol–water partition coefficient (Wildman–Crippen LogP) is 27.3. The number of hydrogen-bond acceptors (Lipinski definition) is 5. The number of aliphatic hydroxyl groups excluding tert-OH is 1. The second-order valence-electron chi connectivity index (χ2n) is 26.8. The van der Waals surface area contributed by atoms with Crippen molar-refractivity contribution >= 4 is 11.9 Å². The van der Waals surface area contributed by atoms with E-state index in [9.17, 15) is 14.7 Å². The summed E-state index contributed by atoms with van der Waals surface area (Å²) in [7, 11) is 0. The van der Waals surface area contributed by atoms with Crippen LogP contribution in [0.4, 0.5) is 0 Å². The zero-order valence-electron chi connectivity index (χ0n) is 57.9. The van der Waals surface area contributed by atoms with Crippen molar-refractivity contribution in [3.63, 3.8) is 0 Å². The molecule has 0 aromatic heterocycles. The Morgan fingerprint density at radius 3 is 0.706 bits per heavy atom. The van der Waals surface area contributed by atoms with Gasteiger partial charge < -0.3 is 14.6 Å². The Balaban J connectivity index is 3.36. The molecular formula is C80H152O5. The monoisotopic (exact) mass is 1190 g/mol. The molecule has 0 radical (unpaired) electrons. The summed E-state index contributed by atoms with van der Waals surface area (Å²) >= 11 is 0. The predicted molar refractivity (Wildman–Crippen MR) is 376 cm³/mol. The lowest BCUT2D eigenvalue weighted by Crippen LogP contribution is -2.28. The van der Waals surface area contributed by atoms with Crippen molar-refractivity contribution < 1.29 is 24.2 Å². The van der Waals surface area contributed by atoms with Crippen LogP contribution in [0.15, 0.2) is 36.5 Å². The normalized spacial score (nSPS) is 12.3. The number of carbonyl (C=O) groups is 2. The van der Waals surface area contributed by atoms with E-state index in [4.69, 9.17) is 9.47 Å². The van der Waals surface area contributed by atoms with Gasteiger partial charge in [0.05, 0.1) is 6.61 Å². The molecule has 0 amide bonds. The van der Waals surface area contributed by atoms with Crippen molar-refractivity contribution in [1.82, 2.24) is 0 Å². The van der Waals surface area contributed by atoms with E-state index in [0.29, 0.717) is 12.8 Å². The molecular weight excluding hydrogens is 1040 g/mol. The third-order valence-electron chi connectivity index (χ3n) is 18.2. The van der Waals surface area contributed by atoms with Gasteiger partial charge in [-0.3, -0.25) is 9.59 Å². The van der Waals surface area contributed by atoms with Gasteiger partial charge in [-0.15, -0.1) is 0 Å². The van der Waals surface area contributed by atoms with E-state index >= 15 is 0 Å². The molecule has 85 heavy (non-hydrogen) atoms. The molecule has 1 atom stereocenters. The minimum absolute atomic E-state index is 0.0580. The van der Waals surface area contributed by atoms with Crippen LogP contribution in [0.2, 0.25) is 0 Å². The second kappa shape index (κ2) is 76.4. The first kappa shape index (κ1) is 83.1. The van der Waals surface area contributed by atoms with Crippen molar-refractivity contribution in [1.29, 1.82) is 0 Å². The number of ether oxygens (including phenoxy) is 2. The second-order valence-corrected chi connectivity index (χ2v) is 26.8. The highest BCUT2D eigenvalue weighted by Crippen LogP contribution is 2.20. The van der Waals surface area contributed by atoms with Gasteiger partial charge in [0, 0.05) is 12.8 Å². The molecule has 0 aromatic carbocycles. The topological polar surface area (TPSA) is 72.8 Å². The summed E-state index contributed by atoms with van der Waals surface area (Å²) in [6.07, 6.45) is 102. The van der Waals surface area contributed by atoms with Crippen LogP contribution in [-0.2, 0) is 19.1 Å². The molecule has 0 bridgehead atoms. The minimum Gasteiger partial charge on any atom is -0.462 e. The van der Waals surface area contributed by atoms with E-state index in [-0.39, 0.29) is 25.2 Å². The van der Waals surface area contributed by atoms with Crippen LogP contribution in [0.3, 0.4) is 0 Å².